The summed E-state index contributed by atoms with van der Waals surface area (Å²) < 4.78 is 60.6. The molecule has 0 aliphatic heterocycles. The molecule has 0 atom stereocenters. The molecule has 1 aromatic rings. The van der Waals surface area contributed by atoms with Crippen molar-refractivity contribution in [3.8, 4) is 6.07 Å². The lowest BCUT2D eigenvalue weighted by Crippen LogP contribution is -2.34. The molecular formula is C7H2F5N3. The molecular weight excluding hydrogens is 221 g/mol. The predicted octanol–water partition coefficient (Wildman–Crippen LogP) is 2.00. The second-order valence-corrected chi connectivity index (χ2v) is 2.49. The van der Waals surface area contributed by atoms with Gasteiger partial charge in [0.05, 0.1) is 0 Å². The minimum Gasteiger partial charge on any atom is -0.191 e. The van der Waals surface area contributed by atoms with E-state index in [0.29, 0.717) is 6.07 Å². The molecule has 0 amide bonds. The highest BCUT2D eigenvalue weighted by molar-refractivity contribution is 5.21. The van der Waals surface area contributed by atoms with Gasteiger partial charge in [0.2, 0.25) is 0 Å². The predicted molar refractivity (Wildman–Crippen MR) is 36.7 cm³/mol. The van der Waals surface area contributed by atoms with E-state index < -0.39 is 17.8 Å². The molecule has 0 bridgehead atoms. The Kier molecular flexibility index (Phi) is 2.57. The summed E-state index contributed by atoms with van der Waals surface area (Å²) in [5.41, 5.74) is -1.87. The summed E-state index contributed by atoms with van der Waals surface area (Å²) in [7, 11) is 0. The van der Waals surface area contributed by atoms with E-state index in [0.717, 1.165) is 6.07 Å². The average Bonchev–Trinajstić information content (AvgIpc) is 2.16. The molecule has 0 saturated carbocycles. The Morgan fingerprint density at radius 1 is 1.07 bits per heavy atom. The van der Waals surface area contributed by atoms with Crippen LogP contribution in [0.4, 0.5) is 22.0 Å². The molecule has 80 valence electrons. The topological polar surface area (TPSA) is 49.6 Å². The largest absolute Gasteiger partial charge is 0.459 e. The van der Waals surface area contributed by atoms with E-state index in [9.17, 15) is 22.0 Å². The fraction of sp³-hybridized carbons (Fsp3) is 0.286. The Balaban J connectivity index is 3.13. The van der Waals surface area contributed by atoms with Gasteiger partial charge in [-0.2, -0.15) is 27.2 Å². The van der Waals surface area contributed by atoms with Crippen LogP contribution in [0.3, 0.4) is 0 Å². The van der Waals surface area contributed by atoms with E-state index in [1.54, 1.807) is 0 Å². The molecule has 3 nitrogen and oxygen atoms in total. The van der Waals surface area contributed by atoms with Crippen LogP contribution in [0.1, 0.15) is 11.4 Å². The minimum absolute atomic E-state index is 0.336. The first-order chi connectivity index (χ1) is 6.79. The van der Waals surface area contributed by atoms with Crippen molar-refractivity contribution in [2.75, 3.05) is 0 Å². The molecule has 0 fully saturated rings. The van der Waals surface area contributed by atoms with Gasteiger partial charge in [-0.1, -0.05) is 0 Å². The monoisotopic (exact) mass is 223 g/mol. The smallest absolute Gasteiger partial charge is 0.191 e. The SMILES string of the molecule is N#Cc1ccc(C(F)(F)C(F)(F)F)nn1. The van der Waals surface area contributed by atoms with Crippen molar-refractivity contribution in [3.63, 3.8) is 0 Å². The number of halogens is 5. The maximum absolute atomic E-state index is 12.6. The van der Waals surface area contributed by atoms with Crippen LogP contribution >= 0.6 is 0 Å². The highest BCUT2D eigenvalue weighted by Gasteiger charge is 2.60. The quantitative estimate of drug-likeness (QED) is 0.684. The van der Waals surface area contributed by atoms with Crippen molar-refractivity contribution in [1.29, 1.82) is 5.26 Å². The number of alkyl halides is 5. The first-order valence-electron chi connectivity index (χ1n) is 3.48. The Morgan fingerprint density at radius 2 is 1.67 bits per heavy atom. The zero-order valence-electron chi connectivity index (χ0n) is 6.89. The zero-order chi connectivity index (χ0) is 11.7. The van der Waals surface area contributed by atoms with Gasteiger partial charge in [-0.25, -0.2) is 0 Å². The standard InChI is InChI=1S/C7H2F5N3/c8-6(9,7(10,11)12)5-2-1-4(3-13)14-15-5/h1-2H. The first kappa shape index (κ1) is 11.3. The summed E-state index contributed by atoms with van der Waals surface area (Å²) in [6, 6.07) is 2.60. The summed E-state index contributed by atoms with van der Waals surface area (Å²) in [6.45, 7) is 0. The summed E-state index contributed by atoms with van der Waals surface area (Å²) in [5, 5.41) is 13.8. The van der Waals surface area contributed by atoms with Gasteiger partial charge in [0, 0.05) is 0 Å². The second kappa shape index (κ2) is 3.42. The van der Waals surface area contributed by atoms with Crippen LogP contribution in [-0.2, 0) is 5.92 Å². The van der Waals surface area contributed by atoms with Gasteiger partial charge in [0.25, 0.3) is 0 Å². The van der Waals surface area contributed by atoms with E-state index in [4.69, 9.17) is 5.26 Å². The minimum atomic E-state index is -5.73. The van der Waals surface area contributed by atoms with Crippen LogP contribution in [-0.4, -0.2) is 16.4 Å². The van der Waals surface area contributed by atoms with Crippen LogP contribution in [0.25, 0.3) is 0 Å². The van der Waals surface area contributed by atoms with Crippen LogP contribution in [0.15, 0.2) is 12.1 Å². The molecule has 1 rings (SSSR count). The lowest BCUT2D eigenvalue weighted by atomic mass is 10.2. The third-order valence-electron chi connectivity index (χ3n) is 1.46. The number of nitriles is 1. The van der Waals surface area contributed by atoms with E-state index in [1.807, 2.05) is 0 Å². The average molecular weight is 223 g/mol. The normalized spacial score (nSPS) is 12.3. The molecule has 15 heavy (non-hydrogen) atoms. The number of hydrogen-bond donors (Lipinski definition) is 0. The Hall–Kier alpha value is -1.78. The molecule has 0 spiro atoms. The van der Waals surface area contributed by atoms with Gasteiger partial charge >= 0.3 is 12.1 Å². The van der Waals surface area contributed by atoms with Gasteiger partial charge in [0.1, 0.15) is 11.8 Å². The van der Waals surface area contributed by atoms with Gasteiger partial charge in [-0.05, 0) is 12.1 Å². The van der Waals surface area contributed by atoms with Crippen molar-refractivity contribution in [2.24, 2.45) is 0 Å². The number of hydrogen-bond acceptors (Lipinski definition) is 3. The third kappa shape index (κ3) is 2.01. The number of rotatable bonds is 1. The van der Waals surface area contributed by atoms with Crippen molar-refractivity contribution in [2.45, 2.75) is 12.1 Å². The maximum Gasteiger partial charge on any atom is 0.459 e. The molecule has 1 heterocycles. The molecule has 0 radical (unpaired) electrons. The second-order valence-electron chi connectivity index (χ2n) is 2.49. The molecule has 0 unspecified atom stereocenters. The molecule has 8 heteroatoms. The van der Waals surface area contributed by atoms with E-state index >= 15 is 0 Å². The highest BCUT2D eigenvalue weighted by Crippen LogP contribution is 2.42. The third-order valence-corrected chi connectivity index (χ3v) is 1.46. The molecule has 0 saturated heterocycles. The summed E-state index contributed by atoms with van der Waals surface area (Å²) in [5.74, 6) is -5.06. The molecule has 0 N–H and O–H groups in total. The number of aromatic nitrogens is 2. The maximum atomic E-state index is 12.6. The first-order valence-corrected chi connectivity index (χ1v) is 3.48. The Bertz CT molecular complexity index is 389. The van der Waals surface area contributed by atoms with Crippen molar-refractivity contribution < 1.29 is 22.0 Å². The van der Waals surface area contributed by atoms with Gasteiger partial charge in [-0.15, -0.1) is 10.2 Å². The molecule has 0 aliphatic rings. The Labute approximate surface area is 80.2 Å². The molecule has 0 aliphatic carbocycles. The van der Waals surface area contributed by atoms with Crippen molar-refractivity contribution in [1.82, 2.24) is 10.2 Å². The summed E-state index contributed by atoms with van der Waals surface area (Å²) in [6.07, 6.45) is -5.73. The van der Waals surface area contributed by atoms with E-state index in [1.165, 1.54) is 6.07 Å². The molecule has 1 aromatic heterocycles. The van der Waals surface area contributed by atoms with Gasteiger partial charge in [-0.3, -0.25) is 0 Å². The van der Waals surface area contributed by atoms with Crippen LogP contribution < -0.4 is 0 Å². The van der Waals surface area contributed by atoms with E-state index in [-0.39, 0.29) is 5.69 Å². The van der Waals surface area contributed by atoms with Crippen LogP contribution in [0.5, 0.6) is 0 Å². The zero-order valence-corrected chi connectivity index (χ0v) is 6.89. The summed E-state index contributed by atoms with van der Waals surface area (Å²) in [4.78, 5) is 0. The van der Waals surface area contributed by atoms with E-state index in [2.05, 4.69) is 10.2 Å². The fourth-order valence-electron chi connectivity index (χ4n) is 0.705. The van der Waals surface area contributed by atoms with Crippen molar-refractivity contribution >= 4 is 0 Å². The molecule has 0 aromatic carbocycles. The number of nitrogens with zero attached hydrogens (tertiary/aromatic N) is 3. The van der Waals surface area contributed by atoms with Crippen molar-refractivity contribution in [3.05, 3.63) is 23.5 Å². The lowest BCUT2D eigenvalue weighted by Gasteiger charge is -2.17. The summed E-state index contributed by atoms with van der Waals surface area (Å²) >= 11 is 0. The van der Waals surface area contributed by atoms with Crippen LogP contribution in [0.2, 0.25) is 0 Å². The van der Waals surface area contributed by atoms with Gasteiger partial charge in [0.15, 0.2) is 5.69 Å². The Morgan fingerprint density at radius 3 is 2.00 bits per heavy atom. The lowest BCUT2D eigenvalue weighted by molar-refractivity contribution is -0.291. The highest BCUT2D eigenvalue weighted by atomic mass is 19.4. The van der Waals surface area contributed by atoms with Crippen LogP contribution in [0, 0.1) is 11.3 Å². The fourth-order valence-corrected chi connectivity index (χ4v) is 0.705. The van der Waals surface area contributed by atoms with Gasteiger partial charge < -0.3 is 0 Å².